The molecule has 1 heterocycles. The lowest BCUT2D eigenvalue weighted by Gasteiger charge is -1.97. The van der Waals surface area contributed by atoms with Crippen LogP contribution in [0.15, 0.2) is 36.5 Å². The number of aliphatic hydroxyl groups excluding tert-OH is 1. The number of phenolic OH excluding ortho intramolecular Hbond substituents is 1. The SMILES string of the molecule is OCCc1ccc[nH]1.Oc1ccc2c(c1)CCC2. The van der Waals surface area contributed by atoms with Gasteiger partial charge in [-0.3, -0.25) is 0 Å². The van der Waals surface area contributed by atoms with E-state index in [1.54, 1.807) is 6.07 Å². The molecule has 0 radical (unpaired) electrons. The van der Waals surface area contributed by atoms with Crippen LogP contribution in [0.4, 0.5) is 0 Å². The van der Waals surface area contributed by atoms with E-state index in [1.165, 1.54) is 24.0 Å². The summed E-state index contributed by atoms with van der Waals surface area (Å²) in [5.41, 5.74) is 3.84. The molecule has 0 atom stereocenters. The topological polar surface area (TPSA) is 56.2 Å². The second-order valence-corrected chi connectivity index (χ2v) is 4.48. The first-order valence-corrected chi connectivity index (χ1v) is 6.33. The highest BCUT2D eigenvalue weighted by molar-refractivity contribution is 5.37. The van der Waals surface area contributed by atoms with Gasteiger partial charge >= 0.3 is 0 Å². The lowest BCUT2D eigenvalue weighted by Crippen LogP contribution is -1.88. The minimum absolute atomic E-state index is 0.223. The molecule has 1 aliphatic rings. The minimum Gasteiger partial charge on any atom is -0.508 e. The van der Waals surface area contributed by atoms with Crippen molar-refractivity contribution in [2.45, 2.75) is 25.7 Å². The fourth-order valence-electron chi connectivity index (χ4n) is 2.20. The summed E-state index contributed by atoms with van der Waals surface area (Å²) in [5, 5.41) is 17.5. The van der Waals surface area contributed by atoms with Gasteiger partial charge in [0.15, 0.2) is 0 Å². The summed E-state index contributed by atoms with van der Waals surface area (Å²) >= 11 is 0. The van der Waals surface area contributed by atoms with E-state index in [0.29, 0.717) is 5.75 Å². The number of benzene rings is 1. The summed E-state index contributed by atoms with van der Waals surface area (Å²) in [6.45, 7) is 0.223. The average molecular weight is 245 g/mol. The smallest absolute Gasteiger partial charge is 0.115 e. The van der Waals surface area contributed by atoms with E-state index < -0.39 is 0 Å². The van der Waals surface area contributed by atoms with Crippen LogP contribution >= 0.6 is 0 Å². The standard InChI is InChI=1S/C9H10O.C6H9NO/c10-9-5-4-7-2-1-3-8(7)6-9;8-5-3-6-2-1-4-7-6/h4-6,10H,1-3H2;1-2,4,7-8H,3,5H2. The zero-order chi connectivity index (χ0) is 12.8. The number of hydrogen-bond acceptors (Lipinski definition) is 2. The maximum Gasteiger partial charge on any atom is 0.115 e. The number of aliphatic hydroxyl groups is 1. The summed E-state index contributed by atoms with van der Waals surface area (Å²) in [6.07, 6.45) is 6.16. The van der Waals surface area contributed by atoms with Crippen LogP contribution in [-0.2, 0) is 19.3 Å². The lowest BCUT2D eigenvalue weighted by molar-refractivity contribution is 0.298. The number of aryl methyl sites for hydroxylation is 2. The minimum atomic E-state index is 0.223. The molecule has 18 heavy (non-hydrogen) atoms. The number of aromatic nitrogens is 1. The maximum atomic E-state index is 9.10. The molecule has 1 aromatic heterocycles. The van der Waals surface area contributed by atoms with Crippen molar-refractivity contribution in [1.82, 2.24) is 4.98 Å². The van der Waals surface area contributed by atoms with E-state index in [0.717, 1.165) is 18.5 Å². The zero-order valence-corrected chi connectivity index (χ0v) is 10.4. The molecule has 0 aliphatic heterocycles. The van der Waals surface area contributed by atoms with Crippen molar-refractivity contribution in [2.75, 3.05) is 6.61 Å². The monoisotopic (exact) mass is 245 g/mol. The molecule has 1 aliphatic carbocycles. The number of hydrogen-bond donors (Lipinski definition) is 3. The molecule has 1 aromatic carbocycles. The Morgan fingerprint density at radius 2 is 1.94 bits per heavy atom. The molecule has 0 saturated heterocycles. The van der Waals surface area contributed by atoms with Crippen LogP contribution in [0, 0.1) is 0 Å². The van der Waals surface area contributed by atoms with Gasteiger partial charge in [0.1, 0.15) is 5.75 Å². The van der Waals surface area contributed by atoms with Gasteiger partial charge < -0.3 is 15.2 Å². The van der Waals surface area contributed by atoms with Gasteiger partial charge in [-0.2, -0.15) is 0 Å². The summed E-state index contributed by atoms with van der Waals surface area (Å²) in [6, 6.07) is 9.55. The van der Waals surface area contributed by atoms with Gasteiger partial charge in [0, 0.05) is 24.9 Å². The third kappa shape index (κ3) is 3.37. The van der Waals surface area contributed by atoms with Crippen molar-refractivity contribution in [3.8, 4) is 5.75 Å². The fourth-order valence-corrected chi connectivity index (χ4v) is 2.20. The van der Waals surface area contributed by atoms with Gasteiger partial charge in [0.25, 0.3) is 0 Å². The van der Waals surface area contributed by atoms with Crippen LogP contribution in [-0.4, -0.2) is 21.8 Å². The normalized spacial score (nSPS) is 12.7. The molecule has 0 spiro atoms. The average Bonchev–Trinajstić information content (AvgIpc) is 3.00. The largest absolute Gasteiger partial charge is 0.508 e. The van der Waals surface area contributed by atoms with Crippen LogP contribution in [0.25, 0.3) is 0 Å². The molecule has 3 heteroatoms. The number of phenols is 1. The number of rotatable bonds is 2. The van der Waals surface area contributed by atoms with E-state index >= 15 is 0 Å². The van der Waals surface area contributed by atoms with Crippen molar-refractivity contribution >= 4 is 0 Å². The molecule has 96 valence electrons. The van der Waals surface area contributed by atoms with E-state index in [-0.39, 0.29) is 6.61 Å². The Labute approximate surface area is 107 Å². The summed E-state index contributed by atoms with van der Waals surface area (Å²) in [5.74, 6) is 0.403. The first-order valence-electron chi connectivity index (χ1n) is 6.33. The molecule has 0 fully saturated rings. The van der Waals surface area contributed by atoms with Crippen molar-refractivity contribution in [1.29, 1.82) is 0 Å². The molecule has 0 bridgehead atoms. The van der Waals surface area contributed by atoms with Crippen molar-refractivity contribution < 1.29 is 10.2 Å². The molecule has 0 amide bonds. The summed E-state index contributed by atoms with van der Waals surface area (Å²) in [7, 11) is 0. The van der Waals surface area contributed by atoms with Gasteiger partial charge in [-0.25, -0.2) is 0 Å². The first-order chi connectivity index (χ1) is 8.79. The summed E-state index contributed by atoms with van der Waals surface area (Å²) in [4.78, 5) is 2.98. The number of aromatic amines is 1. The Bertz CT molecular complexity index is 477. The number of aromatic hydroxyl groups is 1. The van der Waals surface area contributed by atoms with E-state index in [9.17, 15) is 0 Å². The van der Waals surface area contributed by atoms with Crippen LogP contribution in [0.2, 0.25) is 0 Å². The third-order valence-corrected chi connectivity index (χ3v) is 3.13. The molecule has 3 rings (SSSR count). The van der Waals surface area contributed by atoms with Gasteiger partial charge in [-0.15, -0.1) is 0 Å². The van der Waals surface area contributed by atoms with Gasteiger partial charge in [-0.05, 0) is 54.7 Å². The van der Waals surface area contributed by atoms with E-state index in [4.69, 9.17) is 10.2 Å². The van der Waals surface area contributed by atoms with Gasteiger partial charge in [0.2, 0.25) is 0 Å². The Morgan fingerprint density at radius 1 is 1.11 bits per heavy atom. The highest BCUT2D eigenvalue weighted by Gasteiger charge is 2.09. The molecular weight excluding hydrogens is 226 g/mol. The number of nitrogens with one attached hydrogen (secondary N) is 1. The summed E-state index contributed by atoms with van der Waals surface area (Å²) < 4.78 is 0. The van der Waals surface area contributed by atoms with Crippen LogP contribution in [0.3, 0.4) is 0 Å². The molecule has 2 aromatic rings. The van der Waals surface area contributed by atoms with Gasteiger partial charge in [-0.1, -0.05) is 6.07 Å². The molecule has 3 nitrogen and oxygen atoms in total. The highest BCUT2D eigenvalue weighted by Crippen LogP contribution is 2.24. The third-order valence-electron chi connectivity index (χ3n) is 3.13. The first kappa shape index (κ1) is 12.7. The van der Waals surface area contributed by atoms with Crippen molar-refractivity contribution in [3.63, 3.8) is 0 Å². The second-order valence-electron chi connectivity index (χ2n) is 4.48. The van der Waals surface area contributed by atoms with Crippen LogP contribution in [0.5, 0.6) is 5.75 Å². The molecular formula is C15H19NO2. The second kappa shape index (κ2) is 6.26. The highest BCUT2D eigenvalue weighted by atomic mass is 16.3. The van der Waals surface area contributed by atoms with Crippen molar-refractivity contribution in [3.05, 3.63) is 53.3 Å². The predicted molar refractivity (Wildman–Crippen MR) is 71.7 cm³/mol. The molecule has 3 N–H and O–H groups in total. The Kier molecular flexibility index (Phi) is 4.42. The Hall–Kier alpha value is -1.74. The predicted octanol–water partition coefficient (Wildman–Crippen LogP) is 2.43. The van der Waals surface area contributed by atoms with Crippen LogP contribution in [0.1, 0.15) is 23.2 Å². The molecule has 0 saturated carbocycles. The lowest BCUT2D eigenvalue weighted by atomic mass is 10.1. The van der Waals surface area contributed by atoms with E-state index in [2.05, 4.69) is 4.98 Å². The molecule has 0 unspecified atom stereocenters. The number of fused-ring (bicyclic) bond motifs is 1. The number of H-pyrrole nitrogens is 1. The quantitative estimate of drug-likeness (QED) is 0.761. The Morgan fingerprint density at radius 3 is 2.67 bits per heavy atom. The van der Waals surface area contributed by atoms with Gasteiger partial charge in [0.05, 0.1) is 0 Å². The zero-order valence-electron chi connectivity index (χ0n) is 10.4. The van der Waals surface area contributed by atoms with Crippen molar-refractivity contribution in [2.24, 2.45) is 0 Å². The fraction of sp³-hybridized carbons (Fsp3) is 0.333. The Balaban J connectivity index is 0.000000138. The van der Waals surface area contributed by atoms with E-state index in [1.807, 2.05) is 30.5 Å². The van der Waals surface area contributed by atoms with Crippen LogP contribution < -0.4 is 0 Å². The maximum absolute atomic E-state index is 9.10.